The molecule has 0 spiro atoms. The van der Waals surface area contributed by atoms with E-state index in [-0.39, 0.29) is 12.2 Å². The minimum Gasteiger partial charge on any atom is -0.497 e. The molecule has 0 amide bonds. The van der Waals surface area contributed by atoms with Crippen LogP contribution in [0.1, 0.15) is 66.6 Å². The fraction of sp³-hybridized carbons (Fsp3) is 0.538. The largest absolute Gasteiger partial charge is 0.497 e. The molecule has 162 valence electrons. The number of fused-ring (bicyclic) bond motifs is 2. The molecule has 3 atom stereocenters. The lowest BCUT2D eigenvalue weighted by molar-refractivity contribution is 0.0171. The predicted molar refractivity (Wildman–Crippen MR) is 118 cm³/mol. The quantitative estimate of drug-likeness (QED) is 0.562. The second-order valence-electron chi connectivity index (χ2n) is 8.54. The highest BCUT2D eigenvalue weighted by atomic mass is 16.5. The lowest BCUT2D eigenvalue weighted by Crippen LogP contribution is -2.15. The molecule has 30 heavy (non-hydrogen) atoms. The molecule has 0 saturated heterocycles. The van der Waals surface area contributed by atoms with Crippen molar-refractivity contribution in [3.05, 3.63) is 58.7 Å². The maximum atomic E-state index is 6.60. The summed E-state index contributed by atoms with van der Waals surface area (Å²) >= 11 is 0. The van der Waals surface area contributed by atoms with Crippen LogP contribution in [0.2, 0.25) is 0 Å². The molecule has 3 unspecified atom stereocenters. The second kappa shape index (κ2) is 9.84. The highest BCUT2D eigenvalue weighted by Crippen LogP contribution is 2.40. The Bertz CT molecular complexity index is 847. The van der Waals surface area contributed by atoms with Crippen molar-refractivity contribution in [2.75, 3.05) is 27.9 Å². The fourth-order valence-corrected chi connectivity index (χ4v) is 5.09. The average Bonchev–Trinajstić information content (AvgIpc) is 3.10. The van der Waals surface area contributed by atoms with Gasteiger partial charge in [-0.3, -0.25) is 0 Å². The third kappa shape index (κ3) is 4.50. The van der Waals surface area contributed by atoms with Crippen molar-refractivity contribution in [1.29, 1.82) is 0 Å². The van der Waals surface area contributed by atoms with Crippen molar-refractivity contribution >= 4 is 0 Å². The van der Waals surface area contributed by atoms with E-state index in [2.05, 4.69) is 30.3 Å². The van der Waals surface area contributed by atoms with Gasteiger partial charge in [0.15, 0.2) is 0 Å². The number of ether oxygens (including phenoxy) is 4. The Morgan fingerprint density at radius 1 is 0.867 bits per heavy atom. The van der Waals surface area contributed by atoms with Crippen LogP contribution < -0.4 is 9.47 Å². The molecular formula is C26H34O4. The SMILES string of the molecule is COc1ccc2c(c1)C(OCC1CCC(OC)c3c(cccc3OC)C1)CCCC2. The molecule has 0 fully saturated rings. The van der Waals surface area contributed by atoms with Crippen LogP contribution in [0.25, 0.3) is 0 Å². The van der Waals surface area contributed by atoms with E-state index in [0.717, 1.165) is 50.2 Å². The molecule has 0 aliphatic heterocycles. The molecule has 4 rings (SSSR count). The molecule has 2 aliphatic rings. The van der Waals surface area contributed by atoms with Crippen LogP contribution in [0.3, 0.4) is 0 Å². The first-order valence-electron chi connectivity index (χ1n) is 11.2. The van der Waals surface area contributed by atoms with Gasteiger partial charge in [0.2, 0.25) is 0 Å². The Hall–Kier alpha value is -2.04. The zero-order valence-corrected chi connectivity index (χ0v) is 18.5. The van der Waals surface area contributed by atoms with Gasteiger partial charge in [0.25, 0.3) is 0 Å². The van der Waals surface area contributed by atoms with Gasteiger partial charge in [-0.15, -0.1) is 0 Å². The predicted octanol–water partition coefficient (Wildman–Crippen LogP) is 5.83. The van der Waals surface area contributed by atoms with Crippen LogP contribution in [0.5, 0.6) is 11.5 Å². The highest BCUT2D eigenvalue weighted by Gasteiger charge is 2.28. The smallest absolute Gasteiger partial charge is 0.124 e. The van der Waals surface area contributed by atoms with E-state index >= 15 is 0 Å². The number of aryl methyl sites for hydroxylation is 1. The van der Waals surface area contributed by atoms with Gasteiger partial charge in [-0.2, -0.15) is 0 Å². The standard InChI is InChI=1S/C26H34O4/c1-27-21-13-12-19-7-4-5-9-23(22(19)16-21)30-17-18-11-14-25(29-3)26-20(15-18)8-6-10-24(26)28-2/h6,8,10,12-13,16,18,23,25H,4-5,7,9,11,14-15,17H2,1-3H3. The lowest BCUT2D eigenvalue weighted by atomic mass is 9.96. The molecule has 4 heteroatoms. The number of hydrogen-bond donors (Lipinski definition) is 0. The Kier molecular flexibility index (Phi) is 6.96. The minimum absolute atomic E-state index is 0.0871. The van der Waals surface area contributed by atoms with Gasteiger partial charge < -0.3 is 18.9 Å². The number of rotatable bonds is 6. The van der Waals surface area contributed by atoms with Crippen LogP contribution in [0.15, 0.2) is 36.4 Å². The molecular weight excluding hydrogens is 376 g/mol. The van der Waals surface area contributed by atoms with Crippen LogP contribution >= 0.6 is 0 Å². The van der Waals surface area contributed by atoms with Crippen molar-refractivity contribution in [1.82, 2.24) is 0 Å². The second-order valence-corrected chi connectivity index (χ2v) is 8.54. The van der Waals surface area contributed by atoms with Crippen molar-refractivity contribution in [2.24, 2.45) is 5.92 Å². The number of methoxy groups -OCH3 is 3. The van der Waals surface area contributed by atoms with Gasteiger partial charge in [0, 0.05) is 12.7 Å². The number of hydrogen-bond acceptors (Lipinski definition) is 4. The summed E-state index contributed by atoms with van der Waals surface area (Å²) in [7, 11) is 5.27. The molecule has 2 aliphatic carbocycles. The third-order valence-corrected chi connectivity index (χ3v) is 6.72. The van der Waals surface area contributed by atoms with E-state index in [4.69, 9.17) is 18.9 Å². The van der Waals surface area contributed by atoms with E-state index in [1.807, 2.05) is 6.07 Å². The summed E-state index contributed by atoms with van der Waals surface area (Å²) < 4.78 is 23.6. The molecule has 4 nitrogen and oxygen atoms in total. The van der Waals surface area contributed by atoms with Crippen molar-refractivity contribution in [3.63, 3.8) is 0 Å². The first-order chi connectivity index (χ1) is 14.7. The lowest BCUT2D eigenvalue weighted by Gasteiger charge is -2.23. The Labute approximate surface area is 180 Å². The summed E-state index contributed by atoms with van der Waals surface area (Å²) in [5.41, 5.74) is 5.27. The van der Waals surface area contributed by atoms with Crippen molar-refractivity contribution in [3.8, 4) is 11.5 Å². The van der Waals surface area contributed by atoms with Gasteiger partial charge in [0.1, 0.15) is 11.5 Å². The third-order valence-electron chi connectivity index (χ3n) is 6.72. The highest BCUT2D eigenvalue weighted by molar-refractivity contribution is 5.43. The summed E-state index contributed by atoms with van der Waals surface area (Å²) in [4.78, 5) is 0. The summed E-state index contributed by atoms with van der Waals surface area (Å²) in [6.07, 6.45) is 7.98. The van der Waals surface area contributed by atoms with Crippen molar-refractivity contribution < 1.29 is 18.9 Å². The molecule has 0 saturated carbocycles. The zero-order valence-electron chi connectivity index (χ0n) is 18.5. The van der Waals surface area contributed by atoms with Crippen LogP contribution in [-0.2, 0) is 22.3 Å². The molecule has 0 aromatic heterocycles. The summed E-state index contributed by atoms with van der Waals surface area (Å²) in [5.74, 6) is 2.33. The van der Waals surface area contributed by atoms with E-state index in [9.17, 15) is 0 Å². The maximum absolute atomic E-state index is 6.60. The van der Waals surface area contributed by atoms with E-state index < -0.39 is 0 Å². The average molecular weight is 411 g/mol. The topological polar surface area (TPSA) is 36.9 Å². The minimum atomic E-state index is 0.0871. The van der Waals surface area contributed by atoms with Gasteiger partial charge in [-0.05, 0) is 79.3 Å². The summed E-state index contributed by atoms with van der Waals surface area (Å²) in [5, 5.41) is 0. The van der Waals surface area contributed by atoms with Gasteiger partial charge in [-0.1, -0.05) is 24.6 Å². The first-order valence-corrected chi connectivity index (χ1v) is 11.2. The van der Waals surface area contributed by atoms with Crippen LogP contribution in [0, 0.1) is 5.92 Å². The molecule has 0 bridgehead atoms. The van der Waals surface area contributed by atoms with Crippen LogP contribution in [-0.4, -0.2) is 27.9 Å². The summed E-state index contributed by atoms with van der Waals surface area (Å²) in [6, 6.07) is 12.8. The Balaban J connectivity index is 1.50. The van der Waals surface area contributed by atoms with Gasteiger partial charge in [-0.25, -0.2) is 0 Å². The van der Waals surface area contributed by atoms with Crippen molar-refractivity contribution in [2.45, 2.75) is 57.2 Å². The maximum Gasteiger partial charge on any atom is 0.124 e. The van der Waals surface area contributed by atoms with E-state index in [1.54, 1.807) is 21.3 Å². The fourth-order valence-electron chi connectivity index (χ4n) is 5.09. The monoisotopic (exact) mass is 410 g/mol. The van der Waals surface area contributed by atoms with Gasteiger partial charge >= 0.3 is 0 Å². The first kappa shape index (κ1) is 21.2. The Morgan fingerprint density at radius 3 is 2.57 bits per heavy atom. The molecule has 2 aromatic carbocycles. The van der Waals surface area contributed by atoms with E-state index in [1.165, 1.54) is 35.1 Å². The molecule has 0 N–H and O–H groups in total. The zero-order chi connectivity index (χ0) is 20.9. The van der Waals surface area contributed by atoms with Crippen LogP contribution in [0.4, 0.5) is 0 Å². The number of benzene rings is 2. The summed E-state index contributed by atoms with van der Waals surface area (Å²) in [6.45, 7) is 0.772. The van der Waals surface area contributed by atoms with E-state index in [0.29, 0.717) is 5.92 Å². The molecule has 0 radical (unpaired) electrons. The molecule has 0 heterocycles. The Morgan fingerprint density at radius 2 is 1.77 bits per heavy atom. The van der Waals surface area contributed by atoms with Gasteiger partial charge in [0.05, 0.1) is 33.0 Å². The normalized spacial score (nSPS) is 23.6. The molecule has 2 aromatic rings.